The van der Waals surface area contributed by atoms with Gasteiger partial charge in [0.1, 0.15) is 11.9 Å². The molecule has 1 aliphatic heterocycles. The summed E-state index contributed by atoms with van der Waals surface area (Å²) < 4.78 is 10.2. The number of nitrogens with zero attached hydrogens (tertiary/aromatic N) is 2. The van der Waals surface area contributed by atoms with Crippen molar-refractivity contribution in [1.29, 1.82) is 0 Å². The van der Waals surface area contributed by atoms with E-state index in [9.17, 15) is 4.79 Å². The standard InChI is InChI=1S/C14H22N4O3/c1-10-12(17-14(19)11(15)9-20-2)3-4-13(16-10)18-5-7-21-8-6-18/h3-4,11H,5-9,15H2,1-2H3,(H,17,19). The summed E-state index contributed by atoms with van der Waals surface area (Å²) in [7, 11) is 1.51. The summed E-state index contributed by atoms with van der Waals surface area (Å²) in [5, 5.41) is 2.78. The van der Waals surface area contributed by atoms with Crippen LogP contribution in [0.2, 0.25) is 0 Å². The van der Waals surface area contributed by atoms with E-state index in [4.69, 9.17) is 15.2 Å². The van der Waals surface area contributed by atoms with Crippen molar-refractivity contribution in [2.75, 3.05) is 50.2 Å². The van der Waals surface area contributed by atoms with Crippen molar-refractivity contribution in [1.82, 2.24) is 4.98 Å². The van der Waals surface area contributed by atoms with Gasteiger partial charge in [-0.15, -0.1) is 0 Å². The van der Waals surface area contributed by atoms with Gasteiger partial charge in [0.25, 0.3) is 0 Å². The van der Waals surface area contributed by atoms with Gasteiger partial charge in [-0.25, -0.2) is 4.98 Å². The van der Waals surface area contributed by atoms with Crippen LogP contribution < -0.4 is 16.0 Å². The molecular formula is C14H22N4O3. The minimum absolute atomic E-state index is 0.185. The normalized spacial score (nSPS) is 16.6. The summed E-state index contributed by atoms with van der Waals surface area (Å²) in [5.74, 6) is 0.621. The molecule has 1 aromatic rings. The van der Waals surface area contributed by atoms with E-state index in [0.717, 1.165) is 24.6 Å². The molecule has 2 heterocycles. The molecular weight excluding hydrogens is 272 g/mol. The number of hydrogen-bond acceptors (Lipinski definition) is 6. The lowest BCUT2D eigenvalue weighted by Crippen LogP contribution is -2.39. The van der Waals surface area contributed by atoms with Crippen LogP contribution in [0.25, 0.3) is 0 Å². The van der Waals surface area contributed by atoms with Gasteiger partial charge in [-0.2, -0.15) is 0 Å². The van der Waals surface area contributed by atoms with Gasteiger partial charge in [-0.1, -0.05) is 0 Å². The van der Waals surface area contributed by atoms with Gasteiger partial charge in [0, 0.05) is 20.2 Å². The van der Waals surface area contributed by atoms with E-state index in [1.807, 2.05) is 19.1 Å². The van der Waals surface area contributed by atoms with E-state index in [1.54, 1.807) is 0 Å². The third kappa shape index (κ3) is 4.13. The first-order valence-electron chi connectivity index (χ1n) is 6.97. The lowest BCUT2D eigenvalue weighted by Gasteiger charge is -2.28. The number of ether oxygens (including phenoxy) is 2. The zero-order valence-electron chi connectivity index (χ0n) is 12.5. The molecule has 1 amide bonds. The minimum atomic E-state index is -0.687. The molecule has 0 bridgehead atoms. The number of amides is 1. The SMILES string of the molecule is COCC(N)C(=O)Nc1ccc(N2CCOCC2)nc1C. The number of nitrogens with two attached hydrogens (primary N) is 1. The zero-order valence-corrected chi connectivity index (χ0v) is 12.5. The molecule has 7 heteroatoms. The van der Waals surface area contributed by atoms with E-state index < -0.39 is 6.04 Å². The van der Waals surface area contributed by atoms with Crippen LogP contribution in [0.15, 0.2) is 12.1 Å². The Kier molecular flexibility index (Phi) is 5.49. The molecule has 0 spiro atoms. The van der Waals surface area contributed by atoms with E-state index in [2.05, 4.69) is 15.2 Å². The molecule has 1 atom stereocenters. The predicted molar refractivity (Wildman–Crippen MR) is 80.5 cm³/mol. The lowest BCUT2D eigenvalue weighted by atomic mass is 10.2. The molecule has 0 radical (unpaired) electrons. The Morgan fingerprint density at radius 1 is 1.52 bits per heavy atom. The topological polar surface area (TPSA) is 89.7 Å². The van der Waals surface area contributed by atoms with Gasteiger partial charge in [0.15, 0.2) is 0 Å². The van der Waals surface area contributed by atoms with Crippen LogP contribution in [0.5, 0.6) is 0 Å². The van der Waals surface area contributed by atoms with Crippen LogP contribution >= 0.6 is 0 Å². The van der Waals surface area contributed by atoms with Gasteiger partial charge in [0.05, 0.1) is 31.2 Å². The van der Waals surface area contributed by atoms with Gasteiger partial charge < -0.3 is 25.4 Å². The molecule has 7 nitrogen and oxygen atoms in total. The minimum Gasteiger partial charge on any atom is -0.383 e. The second-order valence-electron chi connectivity index (χ2n) is 4.95. The number of hydrogen-bond donors (Lipinski definition) is 2. The highest BCUT2D eigenvalue weighted by atomic mass is 16.5. The fraction of sp³-hybridized carbons (Fsp3) is 0.571. The Bertz CT molecular complexity index is 489. The Morgan fingerprint density at radius 2 is 2.24 bits per heavy atom. The Balaban J connectivity index is 2.03. The largest absolute Gasteiger partial charge is 0.383 e. The fourth-order valence-electron chi connectivity index (χ4n) is 2.13. The van der Waals surface area contributed by atoms with Crippen molar-refractivity contribution in [3.63, 3.8) is 0 Å². The highest BCUT2D eigenvalue weighted by Crippen LogP contribution is 2.19. The smallest absolute Gasteiger partial charge is 0.243 e. The summed E-state index contributed by atoms with van der Waals surface area (Å²) in [6.45, 7) is 5.13. The number of carbonyl (C=O) groups excluding carboxylic acids is 1. The first-order chi connectivity index (χ1) is 10.1. The maximum atomic E-state index is 11.9. The van der Waals surface area contributed by atoms with Crippen LogP contribution in [0, 0.1) is 6.92 Å². The van der Waals surface area contributed by atoms with Crippen LogP contribution in [0.4, 0.5) is 11.5 Å². The van der Waals surface area contributed by atoms with Gasteiger partial charge in [-0.3, -0.25) is 4.79 Å². The van der Waals surface area contributed by atoms with E-state index in [1.165, 1.54) is 7.11 Å². The lowest BCUT2D eigenvalue weighted by molar-refractivity contribution is -0.118. The Labute approximate surface area is 124 Å². The van der Waals surface area contributed by atoms with Crippen molar-refractivity contribution >= 4 is 17.4 Å². The molecule has 1 fully saturated rings. The van der Waals surface area contributed by atoms with Crippen LogP contribution in [0.1, 0.15) is 5.69 Å². The maximum absolute atomic E-state index is 11.9. The highest BCUT2D eigenvalue weighted by Gasteiger charge is 2.16. The zero-order chi connectivity index (χ0) is 15.2. The first-order valence-corrected chi connectivity index (χ1v) is 6.97. The number of anilines is 2. The highest BCUT2D eigenvalue weighted by molar-refractivity contribution is 5.95. The average Bonchev–Trinajstić information content (AvgIpc) is 2.50. The summed E-state index contributed by atoms with van der Waals surface area (Å²) in [4.78, 5) is 18.6. The molecule has 1 unspecified atom stereocenters. The summed E-state index contributed by atoms with van der Waals surface area (Å²) in [5.41, 5.74) is 7.12. The monoisotopic (exact) mass is 294 g/mol. The third-order valence-corrected chi connectivity index (χ3v) is 3.35. The van der Waals surface area contributed by atoms with Gasteiger partial charge >= 0.3 is 0 Å². The summed E-state index contributed by atoms with van der Waals surface area (Å²) in [6, 6.07) is 3.06. The summed E-state index contributed by atoms with van der Waals surface area (Å²) >= 11 is 0. The number of rotatable bonds is 5. The average molecular weight is 294 g/mol. The second kappa shape index (κ2) is 7.35. The van der Waals surface area contributed by atoms with E-state index in [-0.39, 0.29) is 12.5 Å². The van der Waals surface area contributed by atoms with Crippen molar-refractivity contribution < 1.29 is 14.3 Å². The number of pyridine rings is 1. The van der Waals surface area contributed by atoms with Crippen molar-refractivity contribution in [2.24, 2.45) is 5.73 Å². The Hall–Kier alpha value is -1.70. The molecule has 0 aliphatic carbocycles. The molecule has 1 aliphatic rings. The number of carbonyl (C=O) groups is 1. The number of morpholine rings is 1. The number of aromatic nitrogens is 1. The van der Waals surface area contributed by atoms with Crippen LogP contribution in [0.3, 0.4) is 0 Å². The Morgan fingerprint density at radius 3 is 2.86 bits per heavy atom. The number of nitrogens with one attached hydrogen (secondary N) is 1. The molecule has 2 rings (SSSR count). The maximum Gasteiger partial charge on any atom is 0.243 e. The third-order valence-electron chi connectivity index (χ3n) is 3.35. The second-order valence-corrected chi connectivity index (χ2v) is 4.95. The van der Waals surface area contributed by atoms with Crippen molar-refractivity contribution in [3.8, 4) is 0 Å². The van der Waals surface area contributed by atoms with Gasteiger partial charge in [0.2, 0.25) is 5.91 Å². The molecule has 1 aromatic heterocycles. The molecule has 1 saturated heterocycles. The van der Waals surface area contributed by atoms with Gasteiger partial charge in [-0.05, 0) is 19.1 Å². The van der Waals surface area contributed by atoms with Crippen molar-refractivity contribution in [3.05, 3.63) is 17.8 Å². The van der Waals surface area contributed by atoms with Crippen LogP contribution in [-0.4, -0.2) is 57.0 Å². The number of methoxy groups -OCH3 is 1. The van der Waals surface area contributed by atoms with Crippen molar-refractivity contribution in [2.45, 2.75) is 13.0 Å². The van der Waals surface area contributed by atoms with Crippen LogP contribution in [-0.2, 0) is 14.3 Å². The quantitative estimate of drug-likeness (QED) is 0.803. The molecule has 116 valence electrons. The predicted octanol–water partition coefficient (Wildman–Crippen LogP) is 0.139. The first kappa shape index (κ1) is 15.7. The van der Waals surface area contributed by atoms with E-state index in [0.29, 0.717) is 18.9 Å². The molecule has 3 N–H and O–H groups in total. The number of aryl methyl sites for hydroxylation is 1. The molecule has 21 heavy (non-hydrogen) atoms. The van der Waals surface area contributed by atoms with E-state index >= 15 is 0 Å². The molecule has 0 aromatic carbocycles. The summed E-state index contributed by atoms with van der Waals surface area (Å²) in [6.07, 6.45) is 0. The fourth-order valence-corrected chi connectivity index (χ4v) is 2.13. The molecule has 0 saturated carbocycles.